The first kappa shape index (κ1) is 13.8. The van der Waals surface area contributed by atoms with Crippen molar-refractivity contribution in [3.8, 4) is 5.75 Å². The maximum atomic E-state index is 12.0. The summed E-state index contributed by atoms with van der Waals surface area (Å²) >= 11 is 0. The van der Waals surface area contributed by atoms with E-state index in [1.54, 1.807) is 24.3 Å². The van der Waals surface area contributed by atoms with Crippen molar-refractivity contribution in [1.82, 2.24) is 0 Å². The van der Waals surface area contributed by atoms with Crippen LogP contribution in [0.4, 0.5) is 20.2 Å². The highest BCUT2D eigenvalue weighted by Gasteiger charge is 2.08. The number of alkyl halides is 2. The average Bonchev–Trinajstić information content (AvgIpc) is 2.38. The SMILES string of the molecule is Nc1cccc(NC(=O)c2ccc(OC(F)F)cc2)c1. The Morgan fingerprint density at radius 1 is 1.15 bits per heavy atom. The first-order chi connectivity index (χ1) is 9.54. The Kier molecular flexibility index (Phi) is 4.14. The normalized spacial score (nSPS) is 10.3. The number of nitrogens with two attached hydrogens (primary N) is 1. The molecule has 0 saturated heterocycles. The lowest BCUT2D eigenvalue weighted by Gasteiger charge is -2.07. The van der Waals surface area contributed by atoms with Gasteiger partial charge >= 0.3 is 6.61 Å². The minimum atomic E-state index is -2.89. The second-order valence-electron chi connectivity index (χ2n) is 3.98. The number of hydrogen-bond acceptors (Lipinski definition) is 3. The molecule has 20 heavy (non-hydrogen) atoms. The standard InChI is InChI=1S/C14H12F2N2O2/c15-14(16)20-12-6-4-9(5-7-12)13(19)18-11-3-1-2-10(17)8-11/h1-8,14H,17H2,(H,18,19). The van der Waals surface area contributed by atoms with Crippen molar-refractivity contribution in [1.29, 1.82) is 0 Å². The molecule has 0 bridgehead atoms. The first-order valence-corrected chi connectivity index (χ1v) is 5.76. The molecule has 4 nitrogen and oxygen atoms in total. The van der Waals surface area contributed by atoms with Crippen molar-refractivity contribution in [3.05, 3.63) is 54.1 Å². The predicted molar refractivity (Wildman–Crippen MR) is 71.9 cm³/mol. The molecular weight excluding hydrogens is 266 g/mol. The lowest BCUT2D eigenvalue weighted by molar-refractivity contribution is -0.0498. The summed E-state index contributed by atoms with van der Waals surface area (Å²) in [6, 6.07) is 12.1. The van der Waals surface area contributed by atoms with Crippen LogP contribution in [0.2, 0.25) is 0 Å². The fraction of sp³-hybridized carbons (Fsp3) is 0.0714. The molecule has 0 aliphatic heterocycles. The molecule has 2 aromatic carbocycles. The zero-order valence-corrected chi connectivity index (χ0v) is 10.3. The van der Waals surface area contributed by atoms with Crippen molar-refractivity contribution in [3.63, 3.8) is 0 Å². The van der Waals surface area contributed by atoms with E-state index < -0.39 is 6.61 Å². The molecular formula is C14H12F2N2O2. The summed E-state index contributed by atoms with van der Waals surface area (Å²) < 4.78 is 28.2. The zero-order chi connectivity index (χ0) is 14.5. The zero-order valence-electron chi connectivity index (χ0n) is 10.3. The second kappa shape index (κ2) is 6.01. The van der Waals surface area contributed by atoms with E-state index in [4.69, 9.17) is 5.73 Å². The highest BCUT2D eigenvalue weighted by atomic mass is 19.3. The van der Waals surface area contributed by atoms with E-state index in [-0.39, 0.29) is 11.7 Å². The minimum absolute atomic E-state index is 0.000468. The summed E-state index contributed by atoms with van der Waals surface area (Å²) in [7, 11) is 0. The molecule has 2 aromatic rings. The van der Waals surface area contributed by atoms with E-state index in [1.807, 2.05) is 0 Å². The number of amides is 1. The van der Waals surface area contributed by atoms with Crippen LogP contribution >= 0.6 is 0 Å². The van der Waals surface area contributed by atoms with Crippen molar-refractivity contribution in [2.24, 2.45) is 0 Å². The van der Waals surface area contributed by atoms with Gasteiger partial charge in [0.2, 0.25) is 0 Å². The minimum Gasteiger partial charge on any atom is -0.435 e. The molecule has 0 aliphatic rings. The van der Waals surface area contributed by atoms with E-state index >= 15 is 0 Å². The number of anilines is 2. The van der Waals surface area contributed by atoms with Gasteiger partial charge in [0.05, 0.1) is 0 Å². The molecule has 3 N–H and O–H groups in total. The van der Waals surface area contributed by atoms with Gasteiger partial charge < -0.3 is 15.8 Å². The van der Waals surface area contributed by atoms with Gasteiger partial charge in [-0.15, -0.1) is 0 Å². The number of nitrogen functional groups attached to an aromatic ring is 1. The third-order valence-electron chi connectivity index (χ3n) is 2.49. The molecule has 0 atom stereocenters. The topological polar surface area (TPSA) is 64.3 Å². The summed E-state index contributed by atoms with van der Waals surface area (Å²) in [5, 5.41) is 2.65. The summed E-state index contributed by atoms with van der Waals surface area (Å²) in [5.74, 6) is -0.361. The molecule has 0 saturated carbocycles. The molecule has 0 radical (unpaired) electrons. The maximum Gasteiger partial charge on any atom is 0.387 e. The van der Waals surface area contributed by atoms with Gasteiger partial charge in [-0.05, 0) is 42.5 Å². The van der Waals surface area contributed by atoms with Gasteiger partial charge in [0.1, 0.15) is 5.75 Å². The van der Waals surface area contributed by atoms with Crippen LogP contribution in [0.3, 0.4) is 0 Å². The Balaban J connectivity index is 2.06. The van der Waals surface area contributed by atoms with E-state index in [1.165, 1.54) is 24.3 Å². The molecule has 1 amide bonds. The Morgan fingerprint density at radius 2 is 1.85 bits per heavy atom. The van der Waals surface area contributed by atoms with Gasteiger partial charge in [0.25, 0.3) is 5.91 Å². The molecule has 0 spiro atoms. The number of ether oxygens (including phenoxy) is 1. The van der Waals surface area contributed by atoms with Gasteiger partial charge in [-0.1, -0.05) is 6.07 Å². The van der Waals surface area contributed by atoms with Crippen molar-refractivity contribution in [2.75, 3.05) is 11.1 Å². The van der Waals surface area contributed by atoms with Crippen LogP contribution in [0.25, 0.3) is 0 Å². The smallest absolute Gasteiger partial charge is 0.387 e. The summed E-state index contributed by atoms with van der Waals surface area (Å²) in [5.41, 5.74) is 7.02. The Bertz CT molecular complexity index is 600. The fourth-order valence-corrected chi connectivity index (χ4v) is 1.61. The van der Waals surface area contributed by atoms with Crippen LogP contribution in [-0.2, 0) is 0 Å². The summed E-state index contributed by atoms with van der Waals surface area (Å²) in [6.45, 7) is -2.89. The summed E-state index contributed by atoms with van der Waals surface area (Å²) in [6.07, 6.45) is 0. The molecule has 2 rings (SSSR count). The first-order valence-electron chi connectivity index (χ1n) is 5.76. The number of benzene rings is 2. The van der Waals surface area contributed by atoms with E-state index in [0.29, 0.717) is 16.9 Å². The van der Waals surface area contributed by atoms with Crippen molar-refractivity contribution >= 4 is 17.3 Å². The second-order valence-corrected chi connectivity index (χ2v) is 3.98. The lowest BCUT2D eigenvalue weighted by atomic mass is 10.2. The number of hydrogen-bond donors (Lipinski definition) is 2. The monoisotopic (exact) mass is 278 g/mol. The van der Waals surface area contributed by atoms with Gasteiger partial charge in [-0.25, -0.2) is 0 Å². The number of carbonyl (C=O) groups is 1. The number of nitrogens with one attached hydrogen (secondary N) is 1. The average molecular weight is 278 g/mol. The molecule has 0 aromatic heterocycles. The van der Waals surface area contributed by atoms with Gasteiger partial charge in [0.15, 0.2) is 0 Å². The van der Waals surface area contributed by atoms with Gasteiger partial charge in [-0.3, -0.25) is 4.79 Å². The van der Waals surface area contributed by atoms with E-state index in [9.17, 15) is 13.6 Å². The van der Waals surface area contributed by atoms with Gasteiger partial charge in [0, 0.05) is 16.9 Å². The predicted octanol–water partition coefficient (Wildman–Crippen LogP) is 3.12. The lowest BCUT2D eigenvalue weighted by Crippen LogP contribution is -2.12. The molecule has 104 valence electrons. The fourth-order valence-electron chi connectivity index (χ4n) is 1.61. The number of rotatable bonds is 4. The Morgan fingerprint density at radius 3 is 2.45 bits per heavy atom. The molecule has 0 heterocycles. The maximum absolute atomic E-state index is 12.0. The Labute approximate surface area is 114 Å². The number of carbonyl (C=O) groups excluding carboxylic acids is 1. The van der Waals surface area contributed by atoms with Crippen molar-refractivity contribution in [2.45, 2.75) is 6.61 Å². The van der Waals surface area contributed by atoms with Gasteiger partial charge in [-0.2, -0.15) is 8.78 Å². The molecule has 0 aliphatic carbocycles. The quantitative estimate of drug-likeness (QED) is 0.844. The molecule has 0 unspecified atom stereocenters. The van der Waals surface area contributed by atoms with E-state index in [2.05, 4.69) is 10.1 Å². The highest BCUT2D eigenvalue weighted by molar-refractivity contribution is 6.04. The largest absolute Gasteiger partial charge is 0.435 e. The van der Waals surface area contributed by atoms with Crippen molar-refractivity contribution < 1.29 is 18.3 Å². The van der Waals surface area contributed by atoms with Crippen LogP contribution in [-0.4, -0.2) is 12.5 Å². The van der Waals surface area contributed by atoms with Crippen LogP contribution in [0.15, 0.2) is 48.5 Å². The van der Waals surface area contributed by atoms with E-state index in [0.717, 1.165) is 0 Å². The Hall–Kier alpha value is -2.63. The molecule has 0 fully saturated rings. The number of halogens is 2. The van der Waals surface area contributed by atoms with Crippen LogP contribution < -0.4 is 15.8 Å². The van der Waals surface area contributed by atoms with Crippen LogP contribution in [0.5, 0.6) is 5.75 Å². The van der Waals surface area contributed by atoms with Crippen LogP contribution in [0, 0.1) is 0 Å². The van der Waals surface area contributed by atoms with Crippen LogP contribution in [0.1, 0.15) is 10.4 Å². The molecule has 6 heteroatoms. The third-order valence-corrected chi connectivity index (χ3v) is 2.49. The third kappa shape index (κ3) is 3.68. The summed E-state index contributed by atoms with van der Waals surface area (Å²) in [4.78, 5) is 11.9. The highest BCUT2D eigenvalue weighted by Crippen LogP contribution is 2.17.